The van der Waals surface area contributed by atoms with Crippen molar-refractivity contribution in [3.63, 3.8) is 0 Å². The van der Waals surface area contributed by atoms with Crippen molar-refractivity contribution in [2.24, 2.45) is 10.9 Å². The highest BCUT2D eigenvalue weighted by atomic mass is 127. The van der Waals surface area contributed by atoms with Gasteiger partial charge in [0.25, 0.3) is 0 Å². The Morgan fingerprint density at radius 1 is 1.15 bits per heavy atom. The minimum atomic E-state index is 0. The number of nitrogens with one attached hydrogen (secondary N) is 2. The fraction of sp³-hybridized carbons (Fsp3) is 0.895. The zero-order valence-electron chi connectivity index (χ0n) is 16.9. The van der Waals surface area contributed by atoms with E-state index in [1.165, 1.54) is 19.3 Å². The van der Waals surface area contributed by atoms with E-state index in [0.29, 0.717) is 32.3 Å². The molecule has 1 atom stereocenters. The van der Waals surface area contributed by atoms with Crippen LogP contribution in [0.5, 0.6) is 0 Å². The molecule has 1 amide bonds. The Labute approximate surface area is 181 Å². The van der Waals surface area contributed by atoms with Crippen molar-refractivity contribution in [1.82, 2.24) is 15.5 Å². The van der Waals surface area contributed by atoms with Crippen LogP contribution in [-0.4, -0.2) is 75.9 Å². The van der Waals surface area contributed by atoms with Gasteiger partial charge in [-0.1, -0.05) is 19.3 Å². The van der Waals surface area contributed by atoms with E-state index in [-0.39, 0.29) is 35.9 Å². The molecule has 0 aromatic rings. The van der Waals surface area contributed by atoms with Crippen molar-refractivity contribution >= 4 is 35.8 Å². The smallest absolute Gasteiger partial charge is 0.225 e. The summed E-state index contributed by atoms with van der Waals surface area (Å²) < 4.78 is 10.4. The molecule has 27 heavy (non-hydrogen) atoms. The number of hydrogen-bond donors (Lipinski definition) is 2. The maximum absolute atomic E-state index is 12.7. The predicted molar refractivity (Wildman–Crippen MR) is 119 cm³/mol. The first-order valence-corrected chi connectivity index (χ1v) is 10.1. The van der Waals surface area contributed by atoms with E-state index >= 15 is 0 Å². The first kappa shape index (κ1) is 24.4. The third-order valence-corrected chi connectivity index (χ3v) is 5.08. The molecule has 158 valence electrons. The lowest BCUT2D eigenvalue weighted by Gasteiger charge is -2.26. The third kappa shape index (κ3) is 8.95. The zero-order chi connectivity index (χ0) is 18.6. The van der Waals surface area contributed by atoms with Crippen molar-refractivity contribution in [2.45, 2.75) is 51.5 Å². The average molecular weight is 496 g/mol. The largest absolute Gasteiger partial charge is 0.382 e. The summed E-state index contributed by atoms with van der Waals surface area (Å²) in [4.78, 5) is 19.3. The van der Waals surface area contributed by atoms with Crippen LogP contribution in [0.1, 0.15) is 45.4 Å². The third-order valence-electron chi connectivity index (χ3n) is 5.08. The van der Waals surface area contributed by atoms with Gasteiger partial charge < -0.3 is 25.0 Å². The molecule has 1 aliphatic heterocycles. The molecule has 0 aromatic carbocycles. The molecule has 0 spiro atoms. The summed E-state index contributed by atoms with van der Waals surface area (Å²) in [6.45, 7) is 6.89. The molecule has 2 fully saturated rings. The molecule has 2 N–H and O–H groups in total. The van der Waals surface area contributed by atoms with Gasteiger partial charge in [0.15, 0.2) is 5.96 Å². The van der Waals surface area contributed by atoms with Crippen LogP contribution in [0.3, 0.4) is 0 Å². The Balaban J connectivity index is 0.00000364. The Bertz CT molecular complexity index is 445. The molecule has 7 nitrogen and oxygen atoms in total. The van der Waals surface area contributed by atoms with Crippen molar-refractivity contribution in [3.8, 4) is 0 Å². The van der Waals surface area contributed by atoms with Gasteiger partial charge in [-0.15, -0.1) is 24.0 Å². The molecule has 2 aliphatic rings. The number of carbonyl (C=O) groups excluding carboxylic acids is 1. The Morgan fingerprint density at radius 2 is 1.93 bits per heavy atom. The Morgan fingerprint density at radius 3 is 2.63 bits per heavy atom. The average Bonchev–Trinajstić information content (AvgIpc) is 3.13. The van der Waals surface area contributed by atoms with Crippen molar-refractivity contribution in [1.29, 1.82) is 0 Å². The van der Waals surface area contributed by atoms with E-state index in [9.17, 15) is 4.79 Å². The van der Waals surface area contributed by atoms with Crippen molar-refractivity contribution < 1.29 is 14.3 Å². The van der Waals surface area contributed by atoms with E-state index < -0.39 is 0 Å². The molecular weight excluding hydrogens is 459 g/mol. The first-order chi connectivity index (χ1) is 12.7. The summed E-state index contributed by atoms with van der Waals surface area (Å²) in [6.07, 6.45) is 6.81. The minimum absolute atomic E-state index is 0. The summed E-state index contributed by atoms with van der Waals surface area (Å²) in [5.74, 6) is 1.43. The second-order valence-corrected chi connectivity index (χ2v) is 7.11. The van der Waals surface area contributed by atoms with Crippen LogP contribution in [-0.2, 0) is 14.3 Å². The number of carbonyl (C=O) groups is 1. The van der Waals surface area contributed by atoms with Crippen molar-refractivity contribution in [3.05, 3.63) is 0 Å². The Kier molecular flexibility index (Phi) is 13.0. The van der Waals surface area contributed by atoms with Crippen LogP contribution in [0.2, 0.25) is 0 Å². The van der Waals surface area contributed by atoms with E-state index in [0.717, 1.165) is 44.9 Å². The van der Waals surface area contributed by atoms with Gasteiger partial charge in [0.2, 0.25) is 5.91 Å². The number of nitrogens with zero attached hydrogens (tertiary/aromatic N) is 2. The molecule has 1 heterocycles. The molecule has 0 aromatic heterocycles. The van der Waals surface area contributed by atoms with E-state index in [2.05, 4.69) is 22.5 Å². The van der Waals surface area contributed by atoms with Crippen LogP contribution < -0.4 is 10.6 Å². The maximum atomic E-state index is 12.7. The quantitative estimate of drug-likeness (QED) is 0.221. The minimum Gasteiger partial charge on any atom is -0.382 e. The van der Waals surface area contributed by atoms with Crippen LogP contribution >= 0.6 is 24.0 Å². The molecule has 1 aliphatic carbocycles. The molecule has 1 saturated carbocycles. The molecule has 2 rings (SSSR count). The second kappa shape index (κ2) is 14.4. The number of amides is 1. The van der Waals surface area contributed by atoms with Crippen LogP contribution in [0.4, 0.5) is 0 Å². The number of methoxy groups -OCH3 is 1. The van der Waals surface area contributed by atoms with Gasteiger partial charge in [-0.3, -0.25) is 9.79 Å². The second-order valence-electron chi connectivity index (χ2n) is 7.11. The monoisotopic (exact) mass is 496 g/mol. The lowest BCUT2D eigenvalue weighted by Crippen LogP contribution is -2.45. The Hall–Kier alpha value is -0.610. The van der Waals surface area contributed by atoms with Gasteiger partial charge >= 0.3 is 0 Å². The number of likely N-dealkylation sites (tertiary alicyclic amines) is 1. The van der Waals surface area contributed by atoms with Gasteiger partial charge in [0, 0.05) is 38.7 Å². The number of aliphatic imine (C=N–C) groups is 1. The normalized spacial score (nSPS) is 21.0. The van der Waals surface area contributed by atoms with Gasteiger partial charge in [-0.25, -0.2) is 0 Å². The lowest BCUT2D eigenvalue weighted by atomic mass is 9.88. The fourth-order valence-electron chi connectivity index (χ4n) is 3.67. The standard InChI is InChI=1S/C19H36N4O3.HI/c1-3-20-19(21-10-12-26-14-13-25-2)22-17-9-11-23(15-17)18(24)16-7-5-4-6-8-16;/h16-17H,3-15H2,1-2H3,(H2,20,21,22);1H. The summed E-state index contributed by atoms with van der Waals surface area (Å²) >= 11 is 0. The van der Waals surface area contributed by atoms with E-state index in [1.807, 2.05) is 4.90 Å². The number of hydrogen-bond acceptors (Lipinski definition) is 4. The summed E-state index contributed by atoms with van der Waals surface area (Å²) in [5.41, 5.74) is 0. The first-order valence-electron chi connectivity index (χ1n) is 10.1. The number of ether oxygens (including phenoxy) is 2. The molecule has 0 bridgehead atoms. The summed E-state index contributed by atoms with van der Waals surface area (Å²) in [7, 11) is 1.67. The summed E-state index contributed by atoms with van der Waals surface area (Å²) in [6, 6.07) is 0.273. The highest BCUT2D eigenvalue weighted by Gasteiger charge is 2.31. The number of halogens is 1. The van der Waals surface area contributed by atoms with Gasteiger partial charge in [-0.2, -0.15) is 0 Å². The van der Waals surface area contributed by atoms with Crippen LogP contribution in [0.15, 0.2) is 4.99 Å². The van der Waals surface area contributed by atoms with E-state index in [1.54, 1.807) is 7.11 Å². The number of rotatable bonds is 9. The van der Waals surface area contributed by atoms with E-state index in [4.69, 9.17) is 9.47 Å². The predicted octanol–water partition coefficient (Wildman–Crippen LogP) is 2.00. The van der Waals surface area contributed by atoms with Crippen LogP contribution in [0, 0.1) is 5.92 Å². The van der Waals surface area contributed by atoms with Crippen LogP contribution in [0.25, 0.3) is 0 Å². The van der Waals surface area contributed by atoms with Gasteiger partial charge in [0.05, 0.1) is 26.4 Å². The lowest BCUT2D eigenvalue weighted by molar-refractivity contribution is -0.135. The van der Waals surface area contributed by atoms with Gasteiger partial charge in [-0.05, 0) is 26.2 Å². The molecule has 1 saturated heterocycles. The summed E-state index contributed by atoms with van der Waals surface area (Å²) in [5, 5.41) is 6.75. The van der Waals surface area contributed by atoms with Crippen molar-refractivity contribution in [2.75, 3.05) is 53.1 Å². The SMILES string of the molecule is CCNC(=NCCOCCOC)NC1CCN(C(=O)C2CCCCC2)C1.I. The highest BCUT2D eigenvalue weighted by Crippen LogP contribution is 2.26. The molecule has 8 heteroatoms. The topological polar surface area (TPSA) is 75.2 Å². The highest BCUT2D eigenvalue weighted by molar-refractivity contribution is 14.0. The number of guanidine groups is 1. The zero-order valence-corrected chi connectivity index (χ0v) is 19.2. The molecule has 1 unspecified atom stereocenters. The fourth-order valence-corrected chi connectivity index (χ4v) is 3.67. The van der Waals surface area contributed by atoms with Gasteiger partial charge in [0.1, 0.15) is 0 Å². The maximum Gasteiger partial charge on any atom is 0.225 e. The molecular formula is C19H37IN4O3. The molecule has 0 radical (unpaired) electrons.